The first-order valence-electron chi connectivity index (χ1n) is 13.5. The zero-order valence-corrected chi connectivity index (χ0v) is 23.4. The number of hydrogen-bond donors (Lipinski definition) is 3. The third kappa shape index (κ3) is 7.72. The summed E-state index contributed by atoms with van der Waals surface area (Å²) >= 11 is 0. The van der Waals surface area contributed by atoms with Crippen LogP contribution >= 0.6 is 0 Å². The minimum atomic E-state index is -1.36. The molecular weight excluding hydrogens is 522 g/mol. The lowest BCUT2D eigenvalue weighted by atomic mass is 9.98. The number of carbonyl (C=O) groups excluding carboxylic acids is 4. The van der Waals surface area contributed by atoms with Crippen molar-refractivity contribution in [2.45, 2.75) is 57.2 Å². The van der Waals surface area contributed by atoms with E-state index in [2.05, 4.69) is 10.6 Å². The number of fused-ring (bicyclic) bond motifs is 3. The topological polar surface area (TPSA) is 137 Å². The van der Waals surface area contributed by atoms with E-state index < -0.39 is 48.0 Å². The Bertz CT molecular complexity index is 1370. The van der Waals surface area contributed by atoms with Gasteiger partial charge in [0.15, 0.2) is 0 Å². The van der Waals surface area contributed by atoms with Crippen LogP contribution in [0.15, 0.2) is 78.9 Å². The normalized spacial score (nSPS) is 13.7. The van der Waals surface area contributed by atoms with Gasteiger partial charge < -0.3 is 25.8 Å². The minimum absolute atomic E-state index is 0.0263. The number of nitrogens with one attached hydrogen (secondary N) is 2. The van der Waals surface area contributed by atoms with E-state index in [-0.39, 0.29) is 18.9 Å². The maximum absolute atomic E-state index is 13.3. The number of amides is 3. The van der Waals surface area contributed by atoms with Gasteiger partial charge in [-0.2, -0.15) is 0 Å². The van der Waals surface area contributed by atoms with Gasteiger partial charge in [-0.25, -0.2) is 4.79 Å². The Morgan fingerprint density at radius 2 is 1.37 bits per heavy atom. The van der Waals surface area contributed by atoms with Crippen molar-refractivity contribution in [3.05, 3.63) is 95.6 Å². The van der Waals surface area contributed by atoms with Gasteiger partial charge >= 0.3 is 12.1 Å². The molecule has 0 aliphatic heterocycles. The molecule has 4 rings (SSSR count). The van der Waals surface area contributed by atoms with E-state index in [1.54, 1.807) is 45.0 Å². The maximum Gasteiger partial charge on any atom is 0.407 e. The van der Waals surface area contributed by atoms with E-state index in [1.165, 1.54) is 0 Å². The highest BCUT2D eigenvalue weighted by Crippen LogP contribution is 2.44. The Balaban J connectivity index is 1.46. The third-order valence-electron chi connectivity index (χ3n) is 6.69. The summed E-state index contributed by atoms with van der Waals surface area (Å²) in [5.74, 6) is -2.39. The summed E-state index contributed by atoms with van der Waals surface area (Å²) < 4.78 is 10.9. The molecule has 214 valence electrons. The first-order chi connectivity index (χ1) is 19.5. The number of carbonyl (C=O) groups is 4. The van der Waals surface area contributed by atoms with Crippen molar-refractivity contribution in [1.29, 1.82) is 0 Å². The molecule has 41 heavy (non-hydrogen) atoms. The number of nitrogens with two attached hydrogens (primary N) is 1. The second kappa shape index (κ2) is 12.7. The number of primary amides is 1. The molecule has 0 saturated heterocycles. The Morgan fingerprint density at radius 1 is 0.805 bits per heavy atom. The van der Waals surface area contributed by atoms with Crippen molar-refractivity contribution < 1.29 is 28.7 Å². The summed E-state index contributed by atoms with van der Waals surface area (Å²) in [6.45, 7) is 5.12. The Kier molecular flexibility index (Phi) is 9.07. The molecular formula is C32H35N3O6. The summed E-state index contributed by atoms with van der Waals surface area (Å²) in [6, 6.07) is 22.5. The van der Waals surface area contributed by atoms with Crippen LogP contribution in [0.2, 0.25) is 0 Å². The van der Waals surface area contributed by atoms with E-state index in [1.807, 2.05) is 54.6 Å². The van der Waals surface area contributed by atoms with Crippen LogP contribution in [0.5, 0.6) is 0 Å². The fourth-order valence-corrected chi connectivity index (χ4v) is 4.89. The first-order valence-corrected chi connectivity index (χ1v) is 13.5. The van der Waals surface area contributed by atoms with Gasteiger partial charge in [-0.3, -0.25) is 14.4 Å². The molecule has 3 amide bonds. The first kappa shape index (κ1) is 29.3. The lowest BCUT2D eigenvalue weighted by Crippen LogP contribution is -2.54. The predicted octanol–water partition coefficient (Wildman–Crippen LogP) is 3.84. The summed E-state index contributed by atoms with van der Waals surface area (Å²) in [4.78, 5) is 51.0. The molecule has 0 bridgehead atoms. The van der Waals surface area contributed by atoms with Gasteiger partial charge in [0, 0.05) is 12.3 Å². The summed E-state index contributed by atoms with van der Waals surface area (Å²) in [6.07, 6.45) is -1.20. The average molecular weight is 558 g/mol. The van der Waals surface area contributed by atoms with Gasteiger partial charge in [-0.15, -0.1) is 0 Å². The largest absolute Gasteiger partial charge is 0.460 e. The van der Waals surface area contributed by atoms with Crippen molar-refractivity contribution in [2.75, 3.05) is 6.61 Å². The molecule has 0 fully saturated rings. The zero-order chi connectivity index (χ0) is 29.6. The molecule has 0 heterocycles. The average Bonchev–Trinajstić information content (AvgIpc) is 3.24. The molecule has 2 atom stereocenters. The third-order valence-corrected chi connectivity index (χ3v) is 6.69. The van der Waals surface area contributed by atoms with Crippen LogP contribution in [0.25, 0.3) is 11.1 Å². The maximum atomic E-state index is 13.3. The van der Waals surface area contributed by atoms with Crippen LogP contribution in [0.4, 0.5) is 4.79 Å². The van der Waals surface area contributed by atoms with Crippen LogP contribution in [-0.2, 0) is 30.3 Å². The molecule has 3 aromatic carbocycles. The van der Waals surface area contributed by atoms with Gasteiger partial charge in [0.1, 0.15) is 24.3 Å². The SMILES string of the molecule is CC(C)(C)OC(=O)CC(NC(=O)OCC1c2ccccc2-c2ccccc21)C(=O)NC(Cc1ccccc1)C(N)=O. The fourth-order valence-electron chi connectivity index (χ4n) is 4.89. The Labute approximate surface area is 239 Å². The minimum Gasteiger partial charge on any atom is -0.460 e. The Hall–Kier alpha value is -4.66. The van der Waals surface area contributed by atoms with Crippen LogP contribution in [0.3, 0.4) is 0 Å². The zero-order valence-electron chi connectivity index (χ0n) is 23.4. The number of hydrogen-bond acceptors (Lipinski definition) is 6. The molecule has 1 aliphatic carbocycles. The van der Waals surface area contributed by atoms with Gasteiger partial charge in [0.2, 0.25) is 11.8 Å². The molecule has 3 aromatic rings. The monoisotopic (exact) mass is 557 g/mol. The lowest BCUT2D eigenvalue weighted by molar-refractivity contribution is -0.156. The van der Waals surface area contributed by atoms with Crippen molar-refractivity contribution in [3.63, 3.8) is 0 Å². The number of esters is 1. The van der Waals surface area contributed by atoms with Gasteiger partial charge in [0.05, 0.1) is 6.42 Å². The smallest absolute Gasteiger partial charge is 0.407 e. The predicted molar refractivity (Wildman–Crippen MR) is 154 cm³/mol. The highest BCUT2D eigenvalue weighted by atomic mass is 16.6. The molecule has 1 aliphatic rings. The number of rotatable bonds is 10. The molecule has 0 spiro atoms. The van der Waals surface area contributed by atoms with E-state index in [0.717, 1.165) is 27.8 Å². The van der Waals surface area contributed by atoms with E-state index >= 15 is 0 Å². The quantitative estimate of drug-likeness (QED) is 0.324. The molecule has 0 radical (unpaired) electrons. The van der Waals surface area contributed by atoms with Crippen molar-refractivity contribution in [3.8, 4) is 11.1 Å². The second-order valence-electron chi connectivity index (χ2n) is 11.0. The van der Waals surface area contributed by atoms with E-state index in [9.17, 15) is 19.2 Å². The summed E-state index contributed by atoms with van der Waals surface area (Å²) in [7, 11) is 0. The summed E-state index contributed by atoms with van der Waals surface area (Å²) in [5, 5.41) is 5.06. The highest BCUT2D eigenvalue weighted by Gasteiger charge is 2.32. The molecule has 9 nitrogen and oxygen atoms in total. The van der Waals surface area contributed by atoms with Crippen molar-refractivity contribution >= 4 is 23.9 Å². The van der Waals surface area contributed by atoms with Gasteiger partial charge in [0.25, 0.3) is 0 Å². The van der Waals surface area contributed by atoms with Crippen molar-refractivity contribution in [1.82, 2.24) is 10.6 Å². The van der Waals surface area contributed by atoms with Crippen LogP contribution in [0.1, 0.15) is 49.8 Å². The number of ether oxygens (including phenoxy) is 2. The summed E-state index contributed by atoms with van der Waals surface area (Å²) in [5.41, 5.74) is 9.77. The standard InChI is InChI=1S/C32H35N3O6/c1-32(2,3)41-28(36)18-27(30(38)34-26(29(33)37)17-20-11-5-4-6-12-20)35-31(39)40-19-25-23-15-9-7-13-21(23)22-14-8-10-16-24(22)25/h4-16,25-27H,17-19H2,1-3H3,(H2,33,37)(H,34,38)(H,35,39). The van der Waals surface area contributed by atoms with E-state index in [0.29, 0.717) is 0 Å². The molecule has 0 saturated carbocycles. The fraction of sp³-hybridized carbons (Fsp3) is 0.312. The number of alkyl carbamates (subject to hydrolysis) is 1. The Morgan fingerprint density at radius 3 is 1.93 bits per heavy atom. The second-order valence-corrected chi connectivity index (χ2v) is 11.0. The number of benzene rings is 3. The van der Waals surface area contributed by atoms with Gasteiger partial charge in [-0.05, 0) is 48.6 Å². The van der Waals surface area contributed by atoms with Crippen LogP contribution in [-0.4, -0.2) is 48.2 Å². The molecule has 9 heteroatoms. The molecule has 2 unspecified atom stereocenters. The highest BCUT2D eigenvalue weighted by molar-refractivity contribution is 5.93. The van der Waals surface area contributed by atoms with Crippen molar-refractivity contribution in [2.24, 2.45) is 5.73 Å². The molecule has 4 N–H and O–H groups in total. The van der Waals surface area contributed by atoms with Crippen LogP contribution in [0, 0.1) is 0 Å². The van der Waals surface area contributed by atoms with E-state index in [4.69, 9.17) is 15.2 Å². The molecule has 0 aromatic heterocycles. The van der Waals surface area contributed by atoms with Crippen LogP contribution < -0.4 is 16.4 Å². The lowest BCUT2D eigenvalue weighted by Gasteiger charge is -2.24. The van der Waals surface area contributed by atoms with Gasteiger partial charge in [-0.1, -0.05) is 78.9 Å².